The van der Waals surface area contributed by atoms with Crippen molar-refractivity contribution in [2.75, 3.05) is 18.0 Å². The molecule has 2 aromatic carbocycles. The number of aliphatic carboxylic acids is 1. The summed E-state index contributed by atoms with van der Waals surface area (Å²) in [6, 6.07) is 15.9. The van der Waals surface area contributed by atoms with Gasteiger partial charge in [0.1, 0.15) is 11.9 Å². The molecule has 2 aromatic rings. The highest BCUT2D eigenvalue weighted by molar-refractivity contribution is 5.95. The van der Waals surface area contributed by atoms with Gasteiger partial charge in [-0.15, -0.1) is 0 Å². The van der Waals surface area contributed by atoms with Crippen molar-refractivity contribution in [1.82, 2.24) is 4.90 Å². The molecule has 0 bridgehead atoms. The van der Waals surface area contributed by atoms with Gasteiger partial charge in [0, 0.05) is 36.4 Å². The van der Waals surface area contributed by atoms with E-state index in [4.69, 9.17) is 11.1 Å². The van der Waals surface area contributed by atoms with Gasteiger partial charge in [-0.25, -0.2) is 0 Å². The zero-order valence-corrected chi connectivity index (χ0v) is 19.1. The number of nitrogens with one attached hydrogen (secondary N) is 1. The second kappa shape index (κ2) is 8.71. The molecular formula is C25H34N4O2. The molecule has 1 saturated heterocycles. The van der Waals surface area contributed by atoms with Gasteiger partial charge < -0.3 is 15.7 Å². The molecule has 6 nitrogen and oxygen atoms in total. The molecule has 1 fully saturated rings. The zero-order valence-electron chi connectivity index (χ0n) is 19.1. The number of hydrogen-bond donors (Lipinski definition) is 3. The maximum absolute atomic E-state index is 12.0. The Morgan fingerprint density at radius 1 is 1.00 bits per heavy atom. The lowest BCUT2D eigenvalue weighted by molar-refractivity contribution is -0.151. The summed E-state index contributed by atoms with van der Waals surface area (Å²) in [5, 5.41) is 17.4. The van der Waals surface area contributed by atoms with Gasteiger partial charge in [-0.05, 0) is 42.5 Å². The molecule has 0 amide bonds. The minimum absolute atomic E-state index is 0.0703. The number of amidine groups is 1. The number of piperazine rings is 1. The summed E-state index contributed by atoms with van der Waals surface area (Å²) in [6.07, 6.45) is 0. The van der Waals surface area contributed by atoms with E-state index >= 15 is 0 Å². The molecule has 0 saturated carbocycles. The number of rotatable bonds is 5. The van der Waals surface area contributed by atoms with E-state index in [1.807, 2.05) is 45.0 Å². The van der Waals surface area contributed by atoms with E-state index in [0.717, 1.165) is 35.5 Å². The Balaban J connectivity index is 1.76. The third-order valence-electron chi connectivity index (χ3n) is 6.10. The van der Waals surface area contributed by atoms with E-state index in [1.165, 1.54) is 0 Å². The highest BCUT2D eigenvalue weighted by Gasteiger charge is 2.43. The zero-order chi connectivity index (χ0) is 22.9. The number of carbonyl (C=O) groups is 1. The van der Waals surface area contributed by atoms with Gasteiger partial charge >= 0.3 is 5.97 Å². The van der Waals surface area contributed by atoms with Crippen LogP contribution >= 0.6 is 0 Å². The Labute approximate surface area is 185 Å². The van der Waals surface area contributed by atoms with Crippen LogP contribution in [0.4, 0.5) is 5.69 Å². The number of nitrogens with zero attached hydrogens (tertiary/aromatic N) is 2. The molecule has 0 spiro atoms. The lowest BCUT2D eigenvalue weighted by Crippen LogP contribution is -2.64. The SMILES string of the molecule is CC1CN(c2ccc(-c3ccc(C(=N)N)cc3)cc2)CC(C)N1C(C(=O)O)C(C)(C)C. The Bertz CT molecular complexity index is 919. The van der Waals surface area contributed by atoms with Crippen LogP contribution in [-0.2, 0) is 4.79 Å². The largest absolute Gasteiger partial charge is 0.480 e. The molecule has 0 aromatic heterocycles. The molecule has 6 heteroatoms. The second-order valence-electron chi connectivity index (χ2n) is 9.69. The van der Waals surface area contributed by atoms with E-state index in [2.05, 4.69) is 47.9 Å². The average molecular weight is 423 g/mol. The van der Waals surface area contributed by atoms with Gasteiger partial charge in [-0.1, -0.05) is 57.2 Å². The van der Waals surface area contributed by atoms with Crippen LogP contribution in [0.5, 0.6) is 0 Å². The summed E-state index contributed by atoms with van der Waals surface area (Å²) < 4.78 is 0. The van der Waals surface area contributed by atoms with Gasteiger partial charge in [-0.3, -0.25) is 15.1 Å². The van der Waals surface area contributed by atoms with E-state index in [1.54, 1.807) is 0 Å². The highest BCUT2D eigenvalue weighted by Crippen LogP contribution is 2.32. The van der Waals surface area contributed by atoms with Crippen LogP contribution in [-0.4, -0.2) is 53.0 Å². The summed E-state index contributed by atoms with van der Waals surface area (Å²) in [6.45, 7) is 11.8. The molecule has 166 valence electrons. The maximum Gasteiger partial charge on any atom is 0.321 e. The van der Waals surface area contributed by atoms with Gasteiger partial charge in [-0.2, -0.15) is 0 Å². The first kappa shape index (κ1) is 22.8. The minimum atomic E-state index is -0.750. The summed E-state index contributed by atoms with van der Waals surface area (Å²) >= 11 is 0. The topological polar surface area (TPSA) is 93.7 Å². The Morgan fingerprint density at radius 2 is 1.45 bits per heavy atom. The Hall–Kier alpha value is -2.86. The average Bonchev–Trinajstić information content (AvgIpc) is 2.69. The van der Waals surface area contributed by atoms with Gasteiger partial charge in [0.15, 0.2) is 0 Å². The molecule has 3 unspecified atom stereocenters. The van der Waals surface area contributed by atoms with Crippen LogP contribution in [0.15, 0.2) is 48.5 Å². The summed E-state index contributed by atoms with van der Waals surface area (Å²) in [5.41, 5.74) is 9.25. The number of anilines is 1. The molecule has 0 aliphatic carbocycles. The smallest absolute Gasteiger partial charge is 0.321 e. The fourth-order valence-electron chi connectivity index (χ4n) is 4.71. The summed E-state index contributed by atoms with van der Waals surface area (Å²) in [4.78, 5) is 16.6. The van der Waals surface area contributed by atoms with E-state index < -0.39 is 12.0 Å². The number of nitrogens with two attached hydrogens (primary N) is 1. The second-order valence-corrected chi connectivity index (χ2v) is 9.69. The summed E-state index contributed by atoms with van der Waals surface area (Å²) in [7, 11) is 0. The van der Waals surface area contributed by atoms with Crippen molar-refractivity contribution in [3.05, 3.63) is 54.1 Å². The number of hydrogen-bond acceptors (Lipinski definition) is 4. The molecule has 4 N–H and O–H groups in total. The summed E-state index contributed by atoms with van der Waals surface area (Å²) in [5.74, 6) is -0.680. The van der Waals surface area contributed by atoms with Crippen LogP contribution in [0.3, 0.4) is 0 Å². The fraction of sp³-hybridized carbons (Fsp3) is 0.440. The molecule has 1 aliphatic heterocycles. The quantitative estimate of drug-likeness (QED) is 0.499. The predicted octanol–water partition coefficient (Wildman–Crippen LogP) is 4.04. The predicted molar refractivity (Wildman–Crippen MR) is 127 cm³/mol. The molecule has 0 radical (unpaired) electrons. The fourth-order valence-corrected chi connectivity index (χ4v) is 4.71. The van der Waals surface area contributed by atoms with Crippen LogP contribution in [0.25, 0.3) is 11.1 Å². The van der Waals surface area contributed by atoms with Crippen molar-refractivity contribution in [2.24, 2.45) is 11.1 Å². The standard InChI is InChI=1S/C25H34N4O2/c1-16-14-28(15-17(2)29(16)22(24(30)31)25(3,4)5)21-12-10-19(11-13-21)18-6-8-20(9-7-18)23(26)27/h6-13,16-17,22H,14-15H2,1-5H3,(H3,26,27)(H,30,31). The molecule has 1 aliphatic rings. The first-order valence-electron chi connectivity index (χ1n) is 10.8. The van der Waals surface area contributed by atoms with Crippen molar-refractivity contribution in [1.29, 1.82) is 5.41 Å². The van der Waals surface area contributed by atoms with Gasteiger partial charge in [0.2, 0.25) is 0 Å². The number of carboxylic acids is 1. The third kappa shape index (κ3) is 4.90. The lowest BCUT2D eigenvalue weighted by atomic mass is 9.83. The van der Waals surface area contributed by atoms with Crippen molar-refractivity contribution in [3.63, 3.8) is 0 Å². The minimum Gasteiger partial charge on any atom is -0.480 e. The van der Waals surface area contributed by atoms with Crippen LogP contribution in [0.1, 0.15) is 40.2 Å². The first-order valence-corrected chi connectivity index (χ1v) is 10.8. The van der Waals surface area contributed by atoms with Crippen LogP contribution in [0.2, 0.25) is 0 Å². The Kier molecular flexibility index (Phi) is 6.41. The number of benzene rings is 2. The van der Waals surface area contributed by atoms with Crippen molar-refractivity contribution in [3.8, 4) is 11.1 Å². The van der Waals surface area contributed by atoms with E-state index in [0.29, 0.717) is 0 Å². The molecule has 3 rings (SSSR count). The van der Waals surface area contributed by atoms with Crippen LogP contribution < -0.4 is 10.6 Å². The van der Waals surface area contributed by atoms with Gasteiger partial charge in [0.25, 0.3) is 0 Å². The first-order chi connectivity index (χ1) is 14.5. The van der Waals surface area contributed by atoms with Crippen molar-refractivity contribution < 1.29 is 9.90 Å². The van der Waals surface area contributed by atoms with Crippen molar-refractivity contribution in [2.45, 2.75) is 52.7 Å². The molecular weight excluding hydrogens is 388 g/mol. The third-order valence-corrected chi connectivity index (χ3v) is 6.10. The normalized spacial score (nSPS) is 21.0. The van der Waals surface area contributed by atoms with Gasteiger partial charge in [0.05, 0.1) is 0 Å². The molecule has 1 heterocycles. The Morgan fingerprint density at radius 3 is 1.84 bits per heavy atom. The van der Waals surface area contributed by atoms with E-state index in [9.17, 15) is 9.90 Å². The monoisotopic (exact) mass is 422 g/mol. The number of nitrogen functional groups attached to an aromatic ring is 1. The maximum atomic E-state index is 12.0. The van der Waals surface area contributed by atoms with E-state index in [-0.39, 0.29) is 23.3 Å². The van der Waals surface area contributed by atoms with Crippen molar-refractivity contribution >= 4 is 17.5 Å². The molecule has 31 heavy (non-hydrogen) atoms. The number of carboxylic acid groups (broad SMARTS) is 1. The lowest BCUT2D eigenvalue weighted by Gasteiger charge is -2.50. The van der Waals surface area contributed by atoms with Crippen LogP contribution in [0, 0.1) is 10.8 Å². The highest BCUT2D eigenvalue weighted by atomic mass is 16.4. The molecule has 3 atom stereocenters.